The largest absolute Gasteiger partial charge is 0.497 e. The lowest BCUT2D eigenvalue weighted by molar-refractivity contribution is 0.415. The van der Waals surface area contributed by atoms with Gasteiger partial charge in [0, 0.05) is 11.5 Å². The highest BCUT2D eigenvalue weighted by molar-refractivity contribution is 5.95. The Kier molecular flexibility index (Phi) is 4.52. The van der Waals surface area contributed by atoms with Gasteiger partial charge in [-0.15, -0.1) is 0 Å². The number of ether oxygens (including phenoxy) is 1. The second-order valence-corrected chi connectivity index (χ2v) is 7.25. The zero-order valence-electron chi connectivity index (χ0n) is 16.5. The smallest absolute Gasteiger partial charge is 0.336 e. The maximum absolute atomic E-state index is 11.9. The molecule has 0 N–H and O–H groups in total. The molecule has 28 heavy (non-hydrogen) atoms. The number of fused-ring (bicyclic) bond motifs is 1. The summed E-state index contributed by atoms with van der Waals surface area (Å²) in [6, 6.07) is 20.1. The molecule has 0 aliphatic heterocycles. The van der Waals surface area contributed by atoms with Crippen LogP contribution in [0.1, 0.15) is 16.7 Å². The number of methoxy groups -OCH3 is 1. The van der Waals surface area contributed by atoms with Crippen molar-refractivity contribution >= 4 is 11.0 Å². The van der Waals surface area contributed by atoms with E-state index in [-0.39, 0.29) is 5.63 Å². The number of aryl methyl sites for hydroxylation is 3. The third-order valence-corrected chi connectivity index (χ3v) is 5.02. The molecule has 140 valence electrons. The Hall–Kier alpha value is -3.33. The lowest BCUT2D eigenvalue weighted by Crippen LogP contribution is -1.99. The van der Waals surface area contributed by atoms with E-state index >= 15 is 0 Å². The van der Waals surface area contributed by atoms with Crippen molar-refractivity contribution in [1.29, 1.82) is 0 Å². The van der Waals surface area contributed by atoms with E-state index in [1.807, 2.05) is 37.3 Å². The van der Waals surface area contributed by atoms with E-state index in [9.17, 15) is 4.79 Å². The van der Waals surface area contributed by atoms with Crippen LogP contribution in [0.5, 0.6) is 5.75 Å². The molecule has 3 heteroatoms. The molecule has 0 spiro atoms. The van der Waals surface area contributed by atoms with E-state index in [1.54, 1.807) is 13.2 Å². The third-order valence-electron chi connectivity index (χ3n) is 5.02. The lowest BCUT2D eigenvalue weighted by Gasteiger charge is -2.14. The molecule has 0 fully saturated rings. The van der Waals surface area contributed by atoms with Crippen LogP contribution in [0.4, 0.5) is 0 Å². The molecule has 0 saturated heterocycles. The van der Waals surface area contributed by atoms with E-state index in [1.165, 1.54) is 11.1 Å². The van der Waals surface area contributed by atoms with Crippen LogP contribution in [0.15, 0.2) is 69.9 Å². The molecule has 0 aliphatic carbocycles. The molecule has 0 bridgehead atoms. The zero-order valence-corrected chi connectivity index (χ0v) is 16.5. The van der Waals surface area contributed by atoms with Gasteiger partial charge in [0.05, 0.1) is 7.11 Å². The van der Waals surface area contributed by atoms with Gasteiger partial charge in [0.15, 0.2) is 0 Å². The van der Waals surface area contributed by atoms with Gasteiger partial charge in [-0.3, -0.25) is 0 Å². The maximum Gasteiger partial charge on any atom is 0.336 e. The predicted octanol–water partition coefficient (Wildman–Crippen LogP) is 6.06. The van der Waals surface area contributed by atoms with Crippen LogP contribution in [0.3, 0.4) is 0 Å². The first-order valence-corrected chi connectivity index (χ1v) is 9.26. The average molecular weight is 370 g/mol. The van der Waals surface area contributed by atoms with Crippen LogP contribution in [0, 0.1) is 20.8 Å². The zero-order chi connectivity index (χ0) is 19.8. The minimum absolute atomic E-state index is 0.329. The molecule has 0 unspecified atom stereocenters. The summed E-state index contributed by atoms with van der Waals surface area (Å²) in [7, 11) is 1.66. The van der Waals surface area contributed by atoms with E-state index in [0.29, 0.717) is 5.58 Å². The number of benzene rings is 3. The first-order valence-electron chi connectivity index (χ1n) is 9.26. The number of rotatable bonds is 3. The first-order chi connectivity index (χ1) is 13.4. The fourth-order valence-corrected chi connectivity index (χ4v) is 3.74. The normalized spacial score (nSPS) is 11.0. The summed E-state index contributed by atoms with van der Waals surface area (Å²) in [6.07, 6.45) is 0. The van der Waals surface area contributed by atoms with Crippen molar-refractivity contribution < 1.29 is 9.15 Å². The number of hydrogen-bond donors (Lipinski definition) is 0. The minimum Gasteiger partial charge on any atom is -0.497 e. The highest BCUT2D eigenvalue weighted by Crippen LogP contribution is 2.37. The quantitative estimate of drug-likeness (QED) is 0.411. The van der Waals surface area contributed by atoms with Gasteiger partial charge in [0.2, 0.25) is 0 Å². The van der Waals surface area contributed by atoms with Gasteiger partial charge in [0.1, 0.15) is 11.3 Å². The van der Waals surface area contributed by atoms with E-state index < -0.39 is 0 Å². The van der Waals surface area contributed by atoms with Crippen molar-refractivity contribution in [3.05, 3.63) is 87.8 Å². The van der Waals surface area contributed by atoms with Gasteiger partial charge in [-0.1, -0.05) is 41.5 Å². The molecule has 4 rings (SSSR count). The molecular formula is C25H22O3. The second kappa shape index (κ2) is 7.01. The molecule has 0 atom stereocenters. The molecule has 3 aromatic carbocycles. The lowest BCUT2D eigenvalue weighted by atomic mass is 9.91. The fraction of sp³-hybridized carbons (Fsp3) is 0.160. The van der Waals surface area contributed by atoms with E-state index in [2.05, 4.69) is 38.1 Å². The molecule has 0 saturated carbocycles. The fourth-order valence-electron chi connectivity index (χ4n) is 3.74. The van der Waals surface area contributed by atoms with Crippen LogP contribution in [-0.2, 0) is 0 Å². The Morgan fingerprint density at radius 2 is 1.39 bits per heavy atom. The molecule has 0 amide bonds. The molecule has 1 aromatic heterocycles. The van der Waals surface area contributed by atoms with Crippen molar-refractivity contribution in [1.82, 2.24) is 0 Å². The summed E-state index contributed by atoms with van der Waals surface area (Å²) in [5.74, 6) is 0.805. The van der Waals surface area contributed by atoms with E-state index in [0.717, 1.165) is 39.0 Å². The van der Waals surface area contributed by atoms with Crippen molar-refractivity contribution in [2.75, 3.05) is 7.11 Å². The van der Waals surface area contributed by atoms with Crippen molar-refractivity contribution in [3.8, 4) is 28.0 Å². The summed E-state index contributed by atoms with van der Waals surface area (Å²) in [6.45, 7) is 6.15. The van der Waals surface area contributed by atoms with E-state index in [4.69, 9.17) is 9.15 Å². The van der Waals surface area contributed by atoms with Crippen LogP contribution in [-0.4, -0.2) is 7.11 Å². The predicted molar refractivity (Wildman–Crippen MR) is 114 cm³/mol. The van der Waals surface area contributed by atoms with Crippen LogP contribution >= 0.6 is 0 Å². The van der Waals surface area contributed by atoms with Gasteiger partial charge in [-0.2, -0.15) is 0 Å². The van der Waals surface area contributed by atoms with Crippen molar-refractivity contribution in [3.63, 3.8) is 0 Å². The molecule has 1 heterocycles. The van der Waals surface area contributed by atoms with Crippen LogP contribution in [0.2, 0.25) is 0 Å². The summed E-state index contributed by atoms with van der Waals surface area (Å²) < 4.78 is 10.8. The standard InChI is InChI=1S/C25H22O3/c1-15-9-16(2)11-19(10-15)22-13-21-17(3)12-25(26)28-24(21)14-23(22)18-5-7-20(27-4)8-6-18/h5-14H,1-4H3. The Morgan fingerprint density at radius 1 is 0.750 bits per heavy atom. The van der Waals surface area contributed by atoms with Crippen molar-refractivity contribution in [2.24, 2.45) is 0 Å². The van der Waals surface area contributed by atoms with Gasteiger partial charge >= 0.3 is 5.63 Å². The summed E-state index contributed by atoms with van der Waals surface area (Å²) >= 11 is 0. The summed E-state index contributed by atoms with van der Waals surface area (Å²) in [4.78, 5) is 11.9. The molecule has 0 radical (unpaired) electrons. The highest BCUT2D eigenvalue weighted by Gasteiger charge is 2.13. The second-order valence-electron chi connectivity index (χ2n) is 7.25. The van der Waals surface area contributed by atoms with Crippen LogP contribution < -0.4 is 10.4 Å². The van der Waals surface area contributed by atoms with Gasteiger partial charge in [-0.25, -0.2) is 4.79 Å². The monoisotopic (exact) mass is 370 g/mol. The minimum atomic E-state index is -0.329. The highest BCUT2D eigenvalue weighted by atomic mass is 16.5. The van der Waals surface area contributed by atoms with Gasteiger partial charge in [-0.05, 0) is 72.9 Å². The third kappa shape index (κ3) is 3.31. The summed E-state index contributed by atoms with van der Waals surface area (Å²) in [5.41, 5.74) is 7.94. The average Bonchev–Trinajstić information content (AvgIpc) is 2.66. The Morgan fingerprint density at radius 3 is 2.04 bits per heavy atom. The SMILES string of the molecule is COc1ccc(-c2cc3oc(=O)cc(C)c3cc2-c2cc(C)cc(C)c2)cc1. The van der Waals surface area contributed by atoms with Crippen molar-refractivity contribution in [2.45, 2.75) is 20.8 Å². The molecule has 3 nitrogen and oxygen atoms in total. The summed E-state index contributed by atoms with van der Waals surface area (Å²) in [5, 5.41) is 0.950. The maximum atomic E-state index is 11.9. The first kappa shape index (κ1) is 18.1. The van der Waals surface area contributed by atoms with Gasteiger partial charge < -0.3 is 9.15 Å². The molecule has 4 aromatic rings. The Bertz CT molecular complexity index is 1210. The van der Waals surface area contributed by atoms with Gasteiger partial charge in [0.25, 0.3) is 0 Å². The van der Waals surface area contributed by atoms with Crippen LogP contribution in [0.25, 0.3) is 33.2 Å². The molecular weight excluding hydrogens is 348 g/mol. The number of hydrogen-bond acceptors (Lipinski definition) is 3. The topological polar surface area (TPSA) is 39.4 Å². The Labute approximate surface area is 164 Å². The Balaban J connectivity index is 2.05. The molecule has 0 aliphatic rings.